The molecule has 2 aliphatic rings. The summed E-state index contributed by atoms with van der Waals surface area (Å²) in [5.74, 6) is 0. The fourth-order valence-corrected chi connectivity index (χ4v) is 5.13. The number of hydrogen-bond acceptors (Lipinski definition) is 3. The first-order chi connectivity index (χ1) is 10.1. The Labute approximate surface area is 127 Å². The first-order valence-corrected chi connectivity index (χ1v) is 9.27. The van der Waals surface area contributed by atoms with Gasteiger partial charge >= 0.3 is 7.60 Å². The molecule has 5 heteroatoms. The Morgan fingerprint density at radius 3 is 2.19 bits per heavy atom. The van der Waals surface area contributed by atoms with Crippen LogP contribution in [0, 0.1) is 0 Å². The lowest BCUT2D eigenvalue weighted by Gasteiger charge is -2.24. The summed E-state index contributed by atoms with van der Waals surface area (Å²) in [6.07, 6.45) is 0.0776. The van der Waals surface area contributed by atoms with Crippen molar-refractivity contribution in [3.8, 4) is 0 Å². The zero-order chi connectivity index (χ0) is 14.4. The molecule has 1 atom stereocenters. The molecule has 1 N–H and O–H groups in total. The fraction of sp³-hybridized carbons (Fsp3) is 0.125. The fourth-order valence-electron chi connectivity index (χ4n) is 2.81. The number of hydrogen-bond donors (Lipinski definition) is 1. The van der Waals surface area contributed by atoms with E-state index in [2.05, 4.69) is 18.2 Å². The van der Waals surface area contributed by atoms with Crippen molar-refractivity contribution < 1.29 is 14.0 Å². The number of fused-ring (bicyclic) bond motifs is 4. The standard InChI is InChI=1S/C16H13O3PS/c17-20(18)10-14-12-6-2-4-8-16(12)21-15-7-3-1-5-11(15)13(14)9-19-20/h1-8H,9-10H2,(H,17,18). The van der Waals surface area contributed by atoms with Crippen molar-refractivity contribution in [1.82, 2.24) is 0 Å². The second kappa shape index (κ2) is 4.85. The largest absolute Gasteiger partial charge is 0.332 e. The summed E-state index contributed by atoms with van der Waals surface area (Å²) >= 11 is 1.70. The predicted octanol–water partition coefficient (Wildman–Crippen LogP) is 4.28. The van der Waals surface area contributed by atoms with Crippen LogP contribution < -0.4 is 0 Å². The maximum atomic E-state index is 12.0. The molecule has 4 rings (SSSR count). The molecule has 0 radical (unpaired) electrons. The molecule has 0 aliphatic carbocycles. The van der Waals surface area contributed by atoms with Crippen LogP contribution in [0.4, 0.5) is 0 Å². The van der Waals surface area contributed by atoms with Gasteiger partial charge in [0.2, 0.25) is 0 Å². The van der Waals surface area contributed by atoms with Crippen molar-refractivity contribution in [2.24, 2.45) is 0 Å². The van der Waals surface area contributed by atoms with Crippen LogP contribution >= 0.6 is 19.4 Å². The SMILES string of the molecule is O=P1(O)CC2=C(CO1)c1ccccc1Sc1ccccc12. The van der Waals surface area contributed by atoms with Crippen molar-refractivity contribution in [3.05, 3.63) is 59.7 Å². The lowest BCUT2D eigenvalue weighted by atomic mass is 9.96. The molecule has 0 fully saturated rings. The normalized spacial score (nSPS) is 23.9. The zero-order valence-corrected chi connectivity index (χ0v) is 12.9. The Bertz CT molecular complexity index is 813. The lowest BCUT2D eigenvalue weighted by Crippen LogP contribution is -2.10. The third-order valence-electron chi connectivity index (χ3n) is 3.78. The van der Waals surface area contributed by atoms with Crippen LogP contribution in [-0.2, 0) is 9.09 Å². The van der Waals surface area contributed by atoms with Gasteiger partial charge in [-0.3, -0.25) is 4.57 Å². The third-order valence-corrected chi connectivity index (χ3v) is 6.18. The van der Waals surface area contributed by atoms with Crippen LogP contribution in [0.15, 0.2) is 58.3 Å². The average Bonchev–Trinajstić information content (AvgIpc) is 2.60. The first-order valence-electron chi connectivity index (χ1n) is 6.69. The highest BCUT2D eigenvalue weighted by molar-refractivity contribution is 7.99. The van der Waals surface area contributed by atoms with Gasteiger partial charge in [0.05, 0.1) is 12.8 Å². The van der Waals surface area contributed by atoms with Crippen LogP contribution in [0.25, 0.3) is 11.1 Å². The smallest absolute Gasteiger partial charge is 0.324 e. The van der Waals surface area contributed by atoms with Gasteiger partial charge in [-0.2, -0.15) is 0 Å². The molecule has 0 spiro atoms. The van der Waals surface area contributed by atoms with Gasteiger partial charge in [0, 0.05) is 9.79 Å². The lowest BCUT2D eigenvalue weighted by molar-refractivity contribution is 0.291. The van der Waals surface area contributed by atoms with Crippen LogP contribution in [-0.4, -0.2) is 17.7 Å². The van der Waals surface area contributed by atoms with Gasteiger partial charge in [-0.05, 0) is 34.4 Å². The number of benzene rings is 2. The molecule has 106 valence electrons. The van der Waals surface area contributed by atoms with E-state index in [4.69, 9.17) is 4.52 Å². The molecule has 21 heavy (non-hydrogen) atoms. The second-order valence-corrected chi connectivity index (χ2v) is 8.05. The Balaban J connectivity index is 2.03. The molecule has 3 nitrogen and oxygen atoms in total. The maximum absolute atomic E-state index is 12.0. The number of allylic oxidation sites excluding steroid dienone is 1. The average molecular weight is 316 g/mol. The van der Waals surface area contributed by atoms with Gasteiger partial charge < -0.3 is 9.42 Å². The minimum Gasteiger partial charge on any atom is -0.324 e. The van der Waals surface area contributed by atoms with Crippen molar-refractivity contribution >= 4 is 30.5 Å². The van der Waals surface area contributed by atoms with Gasteiger partial charge in [-0.1, -0.05) is 48.2 Å². The molecule has 0 aromatic heterocycles. The molecule has 0 bridgehead atoms. The summed E-state index contributed by atoms with van der Waals surface area (Å²) in [5.41, 5.74) is 4.13. The van der Waals surface area contributed by atoms with Crippen LogP contribution in [0.2, 0.25) is 0 Å². The molecule has 2 heterocycles. The Morgan fingerprint density at radius 2 is 1.52 bits per heavy atom. The van der Waals surface area contributed by atoms with Gasteiger partial charge in [0.1, 0.15) is 0 Å². The molecule has 0 saturated heterocycles. The third kappa shape index (κ3) is 2.29. The summed E-state index contributed by atoms with van der Waals surface area (Å²) in [4.78, 5) is 12.2. The highest BCUT2D eigenvalue weighted by atomic mass is 32.2. The van der Waals surface area contributed by atoms with E-state index in [0.717, 1.165) is 32.1 Å². The molecule has 2 aromatic carbocycles. The van der Waals surface area contributed by atoms with Crippen LogP contribution in [0.3, 0.4) is 0 Å². The summed E-state index contributed by atoms with van der Waals surface area (Å²) in [5, 5.41) is 0. The van der Waals surface area contributed by atoms with E-state index < -0.39 is 7.60 Å². The van der Waals surface area contributed by atoms with E-state index in [9.17, 15) is 9.46 Å². The minimum atomic E-state index is -3.53. The van der Waals surface area contributed by atoms with Crippen molar-refractivity contribution in [3.63, 3.8) is 0 Å². The number of rotatable bonds is 0. The van der Waals surface area contributed by atoms with E-state index in [1.165, 1.54) is 0 Å². The van der Waals surface area contributed by atoms with Crippen molar-refractivity contribution in [2.45, 2.75) is 9.79 Å². The van der Waals surface area contributed by atoms with Gasteiger partial charge in [-0.15, -0.1) is 0 Å². The van der Waals surface area contributed by atoms with Gasteiger partial charge in [-0.25, -0.2) is 0 Å². The highest BCUT2D eigenvalue weighted by Crippen LogP contribution is 2.55. The monoisotopic (exact) mass is 316 g/mol. The van der Waals surface area contributed by atoms with Crippen molar-refractivity contribution in [1.29, 1.82) is 0 Å². The zero-order valence-electron chi connectivity index (χ0n) is 11.2. The summed E-state index contributed by atoms with van der Waals surface area (Å²) in [7, 11) is -3.53. The second-order valence-electron chi connectivity index (χ2n) is 5.12. The van der Waals surface area contributed by atoms with E-state index in [0.29, 0.717) is 0 Å². The summed E-state index contributed by atoms with van der Waals surface area (Å²) in [6, 6.07) is 16.2. The highest BCUT2D eigenvalue weighted by Gasteiger charge is 2.33. The first kappa shape index (κ1) is 13.4. The molecular formula is C16H13O3PS. The molecule has 2 aromatic rings. The van der Waals surface area contributed by atoms with Gasteiger partial charge in [0.25, 0.3) is 0 Å². The Hall–Kier alpha value is -1.32. The molecule has 0 saturated carbocycles. The Kier molecular flexibility index (Phi) is 3.09. The van der Waals surface area contributed by atoms with E-state index >= 15 is 0 Å². The topological polar surface area (TPSA) is 46.5 Å². The van der Waals surface area contributed by atoms with E-state index in [1.54, 1.807) is 11.8 Å². The molecule has 1 unspecified atom stereocenters. The van der Waals surface area contributed by atoms with Crippen LogP contribution in [0.1, 0.15) is 11.1 Å². The molecular weight excluding hydrogens is 303 g/mol. The predicted molar refractivity (Wildman–Crippen MR) is 84.5 cm³/mol. The molecule has 2 aliphatic heterocycles. The minimum absolute atomic E-state index is 0.0776. The Morgan fingerprint density at radius 1 is 0.952 bits per heavy atom. The molecule has 0 amide bonds. The maximum Gasteiger partial charge on any atom is 0.332 e. The van der Waals surface area contributed by atoms with E-state index in [1.807, 2.05) is 30.3 Å². The van der Waals surface area contributed by atoms with Gasteiger partial charge in [0.15, 0.2) is 0 Å². The quantitative estimate of drug-likeness (QED) is 0.737. The summed E-state index contributed by atoms with van der Waals surface area (Å²) < 4.78 is 17.2. The van der Waals surface area contributed by atoms with Crippen molar-refractivity contribution in [2.75, 3.05) is 12.8 Å². The van der Waals surface area contributed by atoms with E-state index in [-0.39, 0.29) is 12.8 Å². The van der Waals surface area contributed by atoms with Crippen LogP contribution in [0.5, 0.6) is 0 Å². The summed E-state index contributed by atoms with van der Waals surface area (Å²) in [6.45, 7) is 0.190.